The second kappa shape index (κ2) is 10.1. The van der Waals surface area contributed by atoms with Gasteiger partial charge >= 0.3 is 0 Å². The highest BCUT2D eigenvalue weighted by atomic mass is 16.3. The Hall–Kier alpha value is -6.33. The number of rotatable bonds is 3. The standard InChI is InChI=1S/C42H26N4O/c1-2-9-28-23-29(16-14-25(28)7-1)39-44-40(46-41(45-39)34-11-5-13-37-38(34)35-12-6-22-43-42(35)47-37)30-17-15-27-19-20-32-31-10-4-3-8-26(31)18-21-33(32)36(27)24-30/h1-24,39H,(H,44,45,46). The summed E-state index contributed by atoms with van der Waals surface area (Å²) in [6, 6.07) is 49.0. The predicted molar refractivity (Wildman–Crippen MR) is 193 cm³/mol. The van der Waals surface area contributed by atoms with Gasteiger partial charge in [0.2, 0.25) is 5.71 Å². The Bertz CT molecular complexity index is 2790. The summed E-state index contributed by atoms with van der Waals surface area (Å²) in [4.78, 5) is 15.0. The molecule has 2 aromatic heterocycles. The number of nitrogens with one attached hydrogen (secondary N) is 1. The van der Waals surface area contributed by atoms with Gasteiger partial charge in [0.15, 0.2) is 5.84 Å². The minimum absolute atomic E-state index is 0.346. The van der Waals surface area contributed by atoms with Crippen LogP contribution in [0, 0.1) is 0 Å². The molecule has 220 valence electrons. The summed E-state index contributed by atoms with van der Waals surface area (Å²) in [7, 11) is 0. The number of aromatic nitrogens is 1. The van der Waals surface area contributed by atoms with Crippen LogP contribution in [0.15, 0.2) is 160 Å². The fraction of sp³-hybridized carbons (Fsp3) is 0.0238. The molecule has 5 nitrogen and oxygen atoms in total. The smallest absolute Gasteiger partial charge is 0.227 e. The van der Waals surface area contributed by atoms with E-state index in [4.69, 9.17) is 14.4 Å². The molecule has 9 aromatic rings. The number of amidine groups is 2. The minimum Gasteiger partial charge on any atom is -0.438 e. The van der Waals surface area contributed by atoms with E-state index in [1.165, 1.54) is 43.1 Å². The Morgan fingerprint density at radius 1 is 0.553 bits per heavy atom. The minimum atomic E-state index is -0.346. The molecule has 10 rings (SSSR count). The Balaban J connectivity index is 1.19. The summed E-state index contributed by atoms with van der Waals surface area (Å²) in [5.74, 6) is 1.42. The van der Waals surface area contributed by atoms with Gasteiger partial charge in [-0.25, -0.2) is 15.0 Å². The average molecular weight is 603 g/mol. The molecule has 0 fully saturated rings. The lowest BCUT2D eigenvalue weighted by atomic mass is 9.96. The lowest BCUT2D eigenvalue weighted by Crippen LogP contribution is -2.33. The van der Waals surface area contributed by atoms with E-state index in [0.29, 0.717) is 11.5 Å². The number of furan rings is 1. The molecule has 1 aliphatic heterocycles. The monoisotopic (exact) mass is 602 g/mol. The average Bonchev–Trinajstić information content (AvgIpc) is 3.53. The maximum Gasteiger partial charge on any atom is 0.227 e. The van der Waals surface area contributed by atoms with E-state index < -0.39 is 0 Å². The zero-order valence-corrected chi connectivity index (χ0v) is 25.2. The van der Waals surface area contributed by atoms with Crippen molar-refractivity contribution in [2.24, 2.45) is 9.98 Å². The van der Waals surface area contributed by atoms with Crippen molar-refractivity contribution in [2.75, 3.05) is 0 Å². The van der Waals surface area contributed by atoms with Crippen molar-refractivity contribution in [2.45, 2.75) is 6.17 Å². The van der Waals surface area contributed by atoms with Gasteiger partial charge in [0.05, 0.1) is 0 Å². The molecule has 0 amide bonds. The number of fused-ring (bicyclic) bond motifs is 9. The molecule has 7 aromatic carbocycles. The summed E-state index contributed by atoms with van der Waals surface area (Å²) in [5, 5.41) is 15.3. The zero-order chi connectivity index (χ0) is 30.9. The van der Waals surface area contributed by atoms with Crippen LogP contribution in [0.4, 0.5) is 0 Å². The number of nitrogens with zero attached hydrogens (tertiary/aromatic N) is 3. The van der Waals surface area contributed by atoms with E-state index in [0.717, 1.165) is 38.9 Å². The Labute approximate surface area is 269 Å². The van der Waals surface area contributed by atoms with Crippen LogP contribution in [-0.4, -0.2) is 16.7 Å². The van der Waals surface area contributed by atoms with Gasteiger partial charge in [0.1, 0.15) is 17.6 Å². The van der Waals surface area contributed by atoms with Crippen molar-refractivity contribution in [1.29, 1.82) is 0 Å². The Morgan fingerprint density at radius 2 is 1.30 bits per heavy atom. The summed E-state index contributed by atoms with van der Waals surface area (Å²) in [6.07, 6.45) is 1.41. The van der Waals surface area contributed by atoms with Crippen molar-refractivity contribution in [1.82, 2.24) is 10.3 Å². The molecule has 0 bridgehead atoms. The fourth-order valence-electron chi connectivity index (χ4n) is 7.08. The summed E-state index contributed by atoms with van der Waals surface area (Å²) in [6.45, 7) is 0. The zero-order valence-electron chi connectivity index (χ0n) is 25.2. The second-order valence-corrected chi connectivity index (χ2v) is 12.1. The molecule has 3 heterocycles. The van der Waals surface area contributed by atoms with Crippen LogP contribution >= 0.6 is 0 Å². The molecule has 0 spiro atoms. The van der Waals surface area contributed by atoms with E-state index in [1.807, 2.05) is 18.2 Å². The van der Waals surface area contributed by atoms with E-state index in [-0.39, 0.29) is 6.17 Å². The van der Waals surface area contributed by atoms with Crippen molar-refractivity contribution in [3.63, 3.8) is 0 Å². The summed E-state index contributed by atoms with van der Waals surface area (Å²) < 4.78 is 6.15. The molecular formula is C42H26N4O. The van der Waals surface area contributed by atoms with Crippen LogP contribution in [0.3, 0.4) is 0 Å². The molecule has 1 atom stereocenters. The van der Waals surface area contributed by atoms with Crippen molar-refractivity contribution < 1.29 is 4.42 Å². The predicted octanol–water partition coefficient (Wildman–Crippen LogP) is 10.1. The third kappa shape index (κ3) is 4.14. The first-order valence-electron chi connectivity index (χ1n) is 15.8. The van der Waals surface area contributed by atoms with Crippen LogP contribution in [-0.2, 0) is 0 Å². The highest BCUT2D eigenvalue weighted by Crippen LogP contribution is 2.35. The molecule has 0 aliphatic carbocycles. The van der Waals surface area contributed by atoms with Crippen LogP contribution in [0.5, 0.6) is 0 Å². The lowest BCUT2D eigenvalue weighted by Gasteiger charge is -2.24. The first kappa shape index (κ1) is 25.9. The SMILES string of the molecule is c1ccc2cc(C3N=C(c4ccc5ccc6c7ccccc7ccc6c5c4)N=C(c4cccc5oc6ncccc6c45)N3)ccc2c1. The molecule has 0 saturated heterocycles. The van der Waals surface area contributed by atoms with Gasteiger partial charge in [0.25, 0.3) is 0 Å². The maximum absolute atomic E-state index is 6.15. The number of hydrogen-bond acceptors (Lipinski definition) is 5. The largest absolute Gasteiger partial charge is 0.438 e. The molecule has 0 saturated carbocycles. The van der Waals surface area contributed by atoms with Gasteiger partial charge in [-0.15, -0.1) is 0 Å². The third-order valence-corrected chi connectivity index (χ3v) is 9.36. The molecule has 1 aliphatic rings. The second-order valence-electron chi connectivity index (χ2n) is 12.1. The first-order valence-corrected chi connectivity index (χ1v) is 15.8. The van der Waals surface area contributed by atoms with Gasteiger partial charge < -0.3 is 9.73 Å². The van der Waals surface area contributed by atoms with Crippen molar-refractivity contribution in [3.8, 4) is 0 Å². The highest BCUT2D eigenvalue weighted by Gasteiger charge is 2.24. The third-order valence-electron chi connectivity index (χ3n) is 9.36. The molecule has 1 N–H and O–H groups in total. The van der Waals surface area contributed by atoms with Gasteiger partial charge in [-0.3, -0.25) is 0 Å². The Morgan fingerprint density at radius 3 is 2.21 bits per heavy atom. The summed E-state index contributed by atoms with van der Waals surface area (Å²) in [5.41, 5.74) is 4.37. The van der Waals surface area contributed by atoms with Gasteiger partial charge in [0, 0.05) is 28.1 Å². The van der Waals surface area contributed by atoms with Crippen LogP contribution in [0.25, 0.3) is 65.2 Å². The first-order chi connectivity index (χ1) is 23.3. The normalized spacial score (nSPS) is 15.0. The van der Waals surface area contributed by atoms with Crippen molar-refractivity contribution >= 4 is 76.8 Å². The van der Waals surface area contributed by atoms with E-state index >= 15 is 0 Å². The van der Waals surface area contributed by atoms with Crippen LogP contribution in [0.2, 0.25) is 0 Å². The highest BCUT2D eigenvalue weighted by molar-refractivity contribution is 6.23. The number of benzene rings is 7. The Kier molecular flexibility index (Phi) is 5.57. The topological polar surface area (TPSA) is 62.8 Å². The van der Waals surface area contributed by atoms with E-state index in [2.05, 4.69) is 132 Å². The van der Waals surface area contributed by atoms with E-state index in [9.17, 15) is 0 Å². The number of aliphatic imine (C=N–C) groups is 2. The van der Waals surface area contributed by atoms with E-state index in [1.54, 1.807) is 6.20 Å². The van der Waals surface area contributed by atoms with Crippen LogP contribution in [0.1, 0.15) is 22.9 Å². The number of hydrogen-bond donors (Lipinski definition) is 1. The van der Waals surface area contributed by atoms with Gasteiger partial charge in [-0.2, -0.15) is 0 Å². The quantitative estimate of drug-likeness (QED) is 0.205. The summed E-state index contributed by atoms with van der Waals surface area (Å²) >= 11 is 0. The molecule has 1 unspecified atom stereocenters. The number of pyridine rings is 1. The maximum atomic E-state index is 6.15. The molecule has 5 heteroatoms. The fourth-order valence-corrected chi connectivity index (χ4v) is 7.08. The van der Waals surface area contributed by atoms with Gasteiger partial charge in [-0.05, 0) is 79.0 Å². The van der Waals surface area contributed by atoms with Gasteiger partial charge in [-0.1, -0.05) is 109 Å². The molecule has 0 radical (unpaired) electrons. The van der Waals surface area contributed by atoms with Crippen LogP contribution < -0.4 is 5.32 Å². The lowest BCUT2D eigenvalue weighted by molar-refractivity contribution is 0.654. The molecular weight excluding hydrogens is 576 g/mol. The molecule has 47 heavy (non-hydrogen) atoms. The van der Waals surface area contributed by atoms with Crippen molar-refractivity contribution in [3.05, 3.63) is 162 Å².